The normalized spacial score (nSPS) is 17.2. The Morgan fingerprint density at radius 1 is 1.29 bits per heavy atom. The smallest absolute Gasteiger partial charge is 0.236 e. The summed E-state index contributed by atoms with van der Waals surface area (Å²) in [6.07, 6.45) is 0.944. The van der Waals surface area contributed by atoms with Crippen molar-refractivity contribution in [3.63, 3.8) is 0 Å². The SMILES string of the molecule is CCN(CC)S(=O)(=O)CC(=O)NC[C@@H]1Cc2ccccc21. The van der Waals surface area contributed by atoms with E-state index in [1.54, 1.807) is 13.8 Å². The van der Waals surface area contributed by atoms with Crippen molar-refractivity contribution in [3.05, 3.63) is 35.4 Å². The molecule has 0 bridgehead atoms. The average Bonchev–Trinajstić information content (AvgIpc) is 2.40. The molecule has 1 aliphatic rings. The fraction of sp³-hybridized carbons (Fsp3) is 0.533. The molecule has 0 fully saturated rings. The van der Waals surface area contributed by atoms with E-state index in [4.69, 9.17) is 0 Å². The van der Waals surface area contributed by atoms with E-state index in [1.165, 1.54) is 15.4 Å². The number of nitrogens with zero attached hydrogens (tertiary/aromatic N) is 1. The van der Waals surface area contributed by atoms with Gasteiger partial charge in [0.2, 0.25) is 15.9 Å². The number of carbonyl (C=O) groups excluding carboxylic acids is 1. The van der Waals surface area contributed by atoms with Crippen LogP contribution >= 0.6 is 0 Å². The summed E-state index contributed by atoms with van der Waals surface area (Å²) in [5, 5.41) is 2.74. The molecule has 2 rings (SSSR count). The van der Waals surface area contributed by atoms with Crippen LogP contribution in [0.15, 0.2) is 24.3 Å². The number of hydrogen-bond acceptors (Lipinski definition) is 3. The molecule has 1 aromatic carbocycles. The Hall–Kier alpha value is -1.40. The van der Waals surface area contributed by atoms with Gasteiger partial charge < -0.3 is 5.32 Å². The van der Waals surface area contributed by atoms with Crippen molar-refractivity contribution in [2.75, 3.05) is 25.4 Å². The summed E-state index contributed by atoms with van der Waals surface area (Å²) < 4.78 is 25.3. The number of nitrogens with one attached hydrogen (secondary N) is 1. The van der Waals surface area contributed by atoms with Crippen molar-refractivity contribution >= 4 is 15.9 Å². The van der Waals surface area contributed by atoms with Gasteiger partial charge in [0.25, 0.3) is 0 Å². The maximum atomic E-state index is 12.0. The van der Waals surface area contributed by atoms with E-state index in [0.29, 0.717) is 25.6 Å². The van der Waals surface area contributed by atoms with Crippen LogP contribution in [0.4, 0.5) is 0 Å². The summed E-state index contributed by atoms with van der Waals surface area (Å²) in [6.45, 7) is 4.82. The summed E-state index contributed by atoms with van der Waals surface area (Å²) in [4.78, 5) is 11.8. The Morgan fingerprint density at radius 3 is 2.57 bits per heavy atom. The second kappa shape index (κ2) is 6.58. The van der Waals surface area contributed by atoms with E-state index in [-0.39, 0.29) is 0 Å². The molecule has 1 aromatic rings. The molecule has 6 heteroatoms. The van der Waals surface area contributed by atoms with Gasteiger partial charge in [0.15, 0.2) is 0 Å². The van der Waals surface area contributed by atoms with Crippen LogP contribution < -0.4 is 5.32 Å². The van der Waals surface area contributed by atoms with E-state index in [9.17, 15) is 13.2 Å². The van der Waals surface area contributed by atoms with Crippen LogP contribution in [-0.4, -0.2) is 44.0 Å². The predicted octanol–water partition coefficient (Wildman–Crippen LogP) is 1.11. The molecule has 0 saturated heterocycles. The fourth-order valence-corrected chi connectivity index (χ4v) is 4.11. The standard InChI is InChI=1S/C15H22N2O3S/c1-3-17(4-2)21(19,20)11-15(18)16-10-13-9-12-7-5-6-8-14(12)13/h5-8,13H,3-4,9-11H2,1-2H3,(H,16,18)/t13-/m0/s1. The van der Waals surface area contributed by atoms with Gasteiger partial charge in [-0.15, -0.1) is 0 Å². The molecule has 5 nitrogen and oxygen atoms in total. The van der Waals surface area contributed by atoms with Gasteiger partial charge in [-0.3, -0.25) is 4.79 Å². The van der Waals surface area contributed by atoms with Crippen LogP contribution in [0.1, 0.15) is 30.9 Å². The molecule has 1 amide bonds. The Morgan fingerprint density at radius 2 is 1.95 bits per heavy atom. The van der Waals surface area contributed by atoms with Gasteiger partial charge in [0.05, 0.1) is 0 Å². The lowest BCUT2D eigenvalue weighted by molar-refractivity contribution is -0.118. The van der Waals surface area contributed by atoms with E-state index >= 15 is 0 Å². The first-order valence-electron chi connectivity index (χ1n) is 7.30. The van der Waals surface area contributed by atoms with Crippen molar-refractivity contribution in [2.24, 2.45) is 0 Å². The molecule has 116 valence electrons. The van der Waals surface area contributed by atoms with Gasteiger partial charge in [-0.05, 0) is 17.5 Å². The van der Waals surface area contributed by atoms with Gasteiger partial charge in [0.1, 0.15) is 5.75 Å². The molecule has 1 N–H and O–H groups in total. The van der Waals surface area contributed by atoms with Crippen molar-refractivity contribution in [1.29, 1.82) is 0 Å². The molecule has 0 aromatic heterocycles. The summed E-state index contributed by atoms with van der Waals surface area (Å²) in [6, 6.07) is 8.13. The molecule has 0 spiro atoms. The van der Waals surface area contributed by atoms with Crippen molar-refractivity contribution in [3.8, 4) is 0 Å². The van der Waals surface area contributed by atoms with E-state index in [2.05, 4.69) is 17.4 Å². The van der Waals surface area contributed by atoms with Crippen LogP contribution in [0.25, 0.3) is 0 Å². The van der Waals surface area contributed by atoms with E-state index < -0.39 is 21.7 Å². The van der Waals surface area contributed by atoms with Gasteiger partial charge in [-0.25, -0.2) is 12.7 Å². The van der Waals surface area contributed by atoms with Crippen molar-refractivity contribution < 1.29 is 13.2 Å². The number of rotatable bonds is 7. The third-order valence-corrected chi connectivity index (χ3v) is 5.85. The molecule has 0 radical (unpaired) electrons. The zero-order valence-corrected chi connectivity index (χ0v) is 13.3. The molecule has 1 atom stereocenters. The fourth-order valence-electron chi connectivity index (χ4n) is 2.71. The Kier molecular flexibility index (Phi) is 5.00. The van der Waals surface area contributed by atoms with E-state index in [0.717, 1.165) is 6.42 Å². The van der Waals surface area contributed by atoms with Gasteiger partial charge in [-0.2, -0.15) is 0 Å². The molecule has 0 heterocycles. The Bertz CT molecular complexity index is 609. The summed E-state index contributed by atoms with van der Waals surface area (Å²) in [5.41, 5.74) is 2.57. The number of fused-ring (bicyclic) bond motifs is 1. The first kappa shape index (κ1) is 16.0. The topological polar surface area (TPSA) is 66.5 Å². The monoisotopic (exact) mass is 310 g/mol. The molecular formula is C15H22N2O3S. The predicted molar refractivity (Wildman–Crippen MR) is 82.6 cm³/mol. The summed E-state index contributed by atoms with van der Waals surface area (Å²) in [5.74, 6) is -0.587. The highest BCUT2D eigenvalue weighted by molar-refractivity contribution is 7.89. The molecule has 0 unspecified atom stereocenters. The Labute approximate surface area is 126 Å². The quantitative estimate of drug-likeness (QED) is 0.820. The summed E-state index contributed by atoms with van der Waals surface area (Å²) in [7, 11) is -3.50. The lowest BCUT2D eigenvalue weighted by Crippen LogP contribution is -2.41. The van der Waals surface area contributed by atoms with Gasteiger partial charge in [-0.1, -0.05) is 38.1 Å². The lowest BCUT2D eigenvalue weighted by atomic mass is 9.77. The Balaban J connectivity index is 1.84. The average molecular weight is 310 g/mol. The third kappa shape index (κ3) is 3.63. The largest absolute Gasteiger partial charge is 0.355 e. The minimum absolute atomic E-state index is 0.307. The maximum Gasteiger partial charge on any atom is 0.236 e. The molecular weight excluding hydrogens is 288 g/mol. The van der Waals surface area contributed by atoms with Crippen molar-refractivity contribution in [1.82, 2.24) is 9.62 Å². The molecule has 21 heavy (non-hydrogen) atoms. The number of amides is 1. The minimum atomic E-state index is -3.50. The number of sulfonamides is 1. The van der Waals surface area contributed by atoms with Crippen LogP contribution in [0.2, 0.25) is 0 Å². The highest BCUT2D eigenvalue weighted by Gasteiger charge is 2.27. The first-order valence-corrected chi connectivity index (χ1v) is 8.91. The minimum Gasteiger partial charge on any atom is -0.355 e. The van der Waals surface area contributed by atoms with Crippen LogP contribution in [-0.2, 0) is 21.2 Å². The molecule has 0 aliphatic heterocycles. The van der Waals surface area contributed by atoms with Crippen molar-refractivity contribution in [2.45, 2.75) is 26.2 Å². The highest BCUT2D eigenvalue weighted by atomic mass is 32.2. The maximum absolute atomic E-state index is 12.0. The number of benzene rings is 1. The third-order valence-electron chi connectivity index (χ3n) is 3.92. The second-order valence-electron chi connectivity index (χ2n) is 5.24. The second-order valence-corrected chi connectivity index (χ2v) is 7.21. The lowest BCUT2D eigenvalue weighted by Gasteiger charge is -2.30. The number of hydrogen-bond donors (Lipinski definition) is 1. The summed E-state index contributed by atoms with van der Waals surface area (Å²) >= 11 is 0. The van der Waals surface area contributed by atoms with Gasteiger partial charge >= 0.3 is 0 Å². The van der Waals surface area contributed by atoms with Crippen LogP contribution in [0.3, 0.4) is 0 Å². The zero-order valence-electron chi connectivity index (χ0n) is 12.5. The first-order chi connectivity index (χ1) is 9.97. The molecule has 1 aliphatic carbocycles. The highest BCUT2D eigenvalue weighted by Crippen LogP contribution is 2.33. The van der Waals surface area contributed by atoms with E-state index in [1.807, 2.05) is 12.1 Å². The van der Waals surface area contributed by atoms with Crippen LogP contribution in [0, 0.1) is 0 Å². The molecule has 0 saturated carbocycles. The van der Waals surface area contributed by atoms with Gasteiger partial charge in [0, 0.05) is 25.6 Å². The van der Waals surface area contributed by atoms with Crippen LogP contribution in [0.5, 0.6) is 0 Å². The zero-order chi connectivity index (χ0) is 15.5. The number of carbonyl (C=O) groups is 1.